The molecule has 0 spiro atoms. The molecule has 1 aliphatic heterocycles. The summed E-state index contributed by atoms with van der Waals surface area (Å²) in [6.45, 7) is 3.47. The first-order chi connectivity index (χ1) is 17.5. The number of anilines is 5. The number of rotatable bonds is 6. The van der Waals surface area contributed by atoms with Gasteiger partial charge in [-0.3, -0.25) is 4.79 Å². The average molecular weight is 532 g/mol. The third-order valence-corrected chi connectivity index (χ3v) is 5.05. The molecule has 0 aliphatic carbocycles. The molecule has 0 saturated carbocycles. The Balaban J connectivity index is 1.42. The molecule has 37 heavy (non-hydrogen) atoms. The van der Waals surface area contributed by atoms with Crippen molar-refractivity contribution in [3.05, 3.63) is 70.3 Å². The Labute approximate surface area is 212 Å². The minimum atomic E-state index is -4.66. The Hall–Kier alpha value is -4.59. The monoisotopic (exact) mass is 531 g/mol. The highest BCUT2D eigenvalue weighted by Crippen LogP contribution is 2.36. The summed E-state index contributed by atoms with van der Waals surface area (Å²) in [5.74, 6) is 0.739. The van der Waals surface area contributed by atoms with Gasteiger partial charge in [-0.1, -0.05) is 11.6 Å². The first-order valence-electron chi connectivity index (χ1n) is 10.4. The van der Waals surface area contributed by atoms with Gasteiger partial charge in [0, 0.05) is 17.4 Å². The van der Waals surface area contributed by atoms with E-state index in [1.165, 1.54) is 18.3 Å². The highest BCUT2D eigenvalue weighted by molar-refractivity contribution is 6.31. The number of amides is 3. The van der Waals surface area contributed by atoms with E-state index in [0.717, 1.165) is 12.1 Å². The first kappa shape index (κ1) is 25.5. The Morgan fingerprint density at radius 3 is 2.41 bits per heavy atom. The average Bonchev–Trinajstić information content (AvgIpc) is 3.20. The van der Waals surface area contributed by atoms with Gasteiger partial charge in [0.25, 0.3) is 5.91 Å². The second-order valence-corrected chi connectivity index (χ2v) is 8.10. The number of hydrogen-bond donors (Lipinski definition) is 4. The van der Waals surface area contributed by atoms with Crippen molar-refractivity contribution in [2.24, 2.45) is 10.2 Å². The molecule has 0 bridgehead atoms. The molecule has 4 N–H and O–H groups in total. The maximum atomic E-state index is 13.0. The number of azo groups is 1. The van der Waals surface area contributed by atoms with Gasteiger partial charge in [0.2, 0.25) is 5.95 Å². The third kappa shape index (κ3) is 6.55. The van der Waals surface area contributed by atoms with Crippen LogP contribution in [-0.2, 0) is 11.0 Å². The summed E-state index contributed by atoms with van der Waals surface area (Å²) in [6, 6.07) is 5.52. The first-order valence-corrected chi connectivity index (χ1v) is 10.8. The predicted molar refractivity (Wildman–Crippen MR) is 130 cm³/mol. The largest absolute Gasteiger partial charge is 0.417 e. The van der Waals surface area contributed by atoms with Crippen LogP contribution in [0, 0.1) is 13.8 Å². The summed E-state index contributed by atoms with van der Waals surface area (Å²) in [5.41, 5.74) is 0.375. The van der Waals surface area contributed by atoms with Crippen LogP contribution in [-0.4, -0.2) is 26.9 Å². The second kappa shape index (κ2) is 10.2. The molecule has 11 nitrogen and oxygen atoms in total. The highest BCUT2D eigenvalue weighted by atomic mass is 35.5. The number of aryl methyl sites for hydroxylation is 2. The van der Waals surface area contributed by atoms with E-state index in [1.54, 1.807) is 26.0 Å². The van der Waals surface area contributed by atoms with Gasteiger partial charge in [-0.2, -0.15) is 18.2 Å². The fourth-order valence-corrected chi connectivity index (χ4v) is 3.38. The SMILES string of the molecule is Cc1cc(NC2=CC(=O)N=N2)nc(Nc2ncc(NC(=O)Nc3ccc(Cl)c(C(F)(F)F)c3)cc2C)n1. The molecular formula is C22H17ClF3N9O2. The van der Waals surface area contributed by atoms with Crippen molar-refractivity contribution in [3.8, 4) is 0 Å². The van der Waals surface area contributed by atoms with Gasteiger partial charge in [0.05, 0.1) is 28.5 Å². The van der Waals surface area contributed by atoms with Crippen molar-refractivity contribution < 1.29 is 22.8 Å². The number of hydrogen-bond acceptors (Lipinski definition) is 8. The van der Waals surface area contributed by atoms with E-state index in [2.05, 4.69) is 46.4 Å². The molecule has 0 atom stereocenters. The highest BCUT2D eigenvalue weighted by Gasteiger charge is 2.33. The molecule has 0 fully saturated rings. The summed E-state index contributed by atoms with van der Waals surface area (Å²) in [6.07, 6.45) is -2.09. The van der Waals surface area contributed by atoms with Crippen LogP contribution < -0.4 is 21.3 Å². The number of carbonyl (C=O) groups excluding carboxylic acids is 2. The molecule has 190 valence electrons. The summed E-state index contributed by atoms with van der Waals surface area (Å²) in [7, 11) is 0. The lowest BCUT2D eigenvalue weighted by atomic mass is 10.2. The molecule has 4 rings (SSSR count). The van der Waals surface area contributed by atoms with Crippen LogP contribution in [0.4, 0.5) is 46.9 Å². The molecule has 1 aromatic carbocycles. The number of halogens is 4. The van der Waals surface area contributed by atoms with Crippen molar-refractivity contribution in [3.63, 3.8) is 0 Å². The maximum absolute atomic E-state index is 13.0. The van der Waals surface area contributed by atoms with Crippen molar-refractivity contribution in [2.45, 2.75) is 20.0 Å². The number of pyridine rings is 1. The maximum Gasteiger partial charge on any atom is 0.417 e. The molecule has 2 aromatic heterocycles. The van der Waals surface area contributed by atoms with Crippen LogP contribution in [0.25, 0.3) is 0 Å². The van der Waals surface area contributed by atoms with Crippen molar-refractivity contribution in [2.75, 3.05) is 21.3 Å². The molecule has 3 aromatic rings. The Kier molecular flexibility index (Phi) is 7.02. The van der Waals surface area contributed by atoms with Gasteiger partial charge >= 0.3 is 12.2 Å². The zero-order valence-corrected chi connectivity index (χ0v) is 19.9. The number of carbonyl (C=O) groups is 2. The molecular weight excluding hydrogens is 515 g/mol. The van der Waals surface area contributed by atoms with Crippen LogP contribution >= 0.6 is 11.6 Å². The standard InChI is InChI=1S/C22H17ClF3N9O2/c1-10-5-13(30-21(37)29-12-3-4-15(23)14(7-12)22(24,25)26)9-27-19(10)33-20-28-11(2)6-16(32-20)31-17-8-18(36)35-34-17/h3-9H,1-2H3,(H2,29,30,37)(H2,27,28,31,32,33). The van der Waals surface area contributed by atoms with E-state index in [-0.39, 0.29) is 17.5 Å². The number of nitrogens with zero attached hydrogens (tertiary/aromatic N) is 5. The van der Waals surface area contributed by atoms with Gasteiger partial charge in [0.1, 0.15) is 11.6 Å². The molecule has 15 heteroatoms. The van der Waals surface area contributed by atoms with Crippen molar-refractivity contribution in [1.82, 2.24) is 15.0 Å². The van der Waals surface area contributed by atoms with Crippen LogP contribution in [0.2, 0.25) is 5.02 Å². The quantitative estimate of drug-likeness (QED) is 0.314. The lowest BCUT2D eigenvalue weighted by molar-refractivity contribution is -0.137. The fraction of sp³-hybridized carbons (Fsp3) is 0.136. The number of nitrogens with one attached hydrogen (secondary N) is 4. The van der Waals surface area contributed by atoms with E-state index >= 15 is 0 Å². The number of aromatic nitrogens is 3. The topological polar surface area (TPSA) is 146 Å². The van der Waals surface area contributed by atoms with Gasteiger partial charge in [-0.05, 0) is 43.7 Å². The zero-order valence-electron chi connectivity index (χ0n) is 19.1. The molecule has 1 aliphatic rings. The predicted octanol–water partition coefficient (Wildman–Crippen LogP) is 5.79. The third-order valence-electron chi connectivity index (χ3n) is 4.72. The Morgan fingerprint density at radius 1 is 0.973 bits per heavy atom. The van der Waals surface area contributed by atoms with Crippen LogP contribution in [0.5, 0.6) is 0 Å². The second-order valence-electron chi connectivity index (χ2n) is 7.70. The summed E-state index contributed by atoms with van der Waals surface area (Å²) < 4.78 is 39.1. The zero-order chi connectivity index (χ0) is 26.7. The lowest BCUT2D eigenvalue weighted by Gasteiger charge is -2.13. The van der Waals surface area contributed by atoms with Crippen LogP contribution in [0.3, 0.4) is 0 Å². The summed E-state index contributed by atoms with van der Waals surface area (Å²) in [4.78, 5) is 36.4. The Bertz CT molecular complexity index is 1460. The Morgan fingerprint density at radius 2 is 1.73 bits per heavy atom. The minimum Gasteiger partial charge on any atom is -0.323 e. The van der Waals surface area contributed by atoms with Crippen molar-refractivity contribution >= 4 is 52.5 Å². The van der Waals surface area contributed by atoms with Gasteiger partial charge in [0.15, 0.2) is 5.82 Å². The lowest BCUT2D eigenvalue weighted by Crippen LogP contribution is -2.20. The van der Waals surface area contributed by atoms with E-state index < -0.39 is 28.7 Å². The fourth-order valence-electron chi connectivity index (χ4n) is 3.15. The van der Waals surface area contributed by atoms with E-state index in [0.29, 0.717) is 28.6 Å². The number of alkyl halides is 3. The smallest absolute Gasteiger partial charge is 0.323 e. The van der Waals surface area contributed by atoms with Crippen molar-refractivity contribution in [1.29, 1.82) is 0 Å². The number of benzene rings is 1. The summed E-state index contributed by atoms with van der Waals surface area (Å²) in [5, 5.41) is 17.3. The number of urea groups is 1. The van der Waals surface area contributed by atoms with Crippen LogP contribution in [0.1, 0.15) is 16.8 Å². The van der Waals surface area contributed by atoms with E-state index in [9.17, 15) is 22.8 Å². The van der Waals surface area contributed by atoms with Gasteiger partial charge in [-0.25, -0.2) is 14.8 Å². The molecule has 0 saturated heterocycles. The molecule has 0 unspecified atom stereocenters. The normalized spacial score (nSPS) is 12.8. The van der Waals surface area contributed by atoms with E-state index in [1.807, 2.05) is 0 Å². The van der Waals surface area contributed by atoms with Crippen LogP contribution in [0.15, 0.2) is 58.7 Å². The van der Waals surface area contributed by atoms with Gasteiger partial charge < -0.3 is 21.3 Å². The molecule has 3 amide bonds. The molecule has 0 radical (unpaired) electrons. The minimum absolute atomic E-state index is 0.0857. The summed E-state index contributed by atoms with van der Waals surface area (Å²) >= 11 is 5.60. The van der Waals surface area contributed by atoms with E-state index in [4.69, 9.17) is 11.6 Å². The van der Waals surface area contributed by atoms with Gasteiger partial charge in [-0.15, -0.1) is 10.2 Å². The molecule has 3 heterocycles.